The number of nitrogens with one attached hydrogen (secondary N) is 1. The van der Waals surface area contributed by atoms with Gasteiger partial charge in [0.05, 0.1) is 11.7 Å². The van der Waals surface area contributed by atoms with Gasteiger partial charge in [-0.3, -0.25) is 4.79 Å². The maximum absolute atomic E-state index is 13.7. The number of para-hydroxylation sites is 1. The lowest BCUT2D eigenvalue weighted by molar-refractivity contribution is -0.117. The number of aryl methyl sites for hydroxylation is 1. The standard InChI is InChI=1S/C16H17FN2O2/c1-10-3-2-4-13(17)15(10)19-16(21)14(18)9-11-5-7-12(20)8-6-11/h2-8,14,20H,9,18H2,1H3,(H,19,21)/t14-/m0/s1. The van der Waals surface area contributed by atoms with Crippen molar-refractivity contribution in [2.24, 2.45) is 5.73 Å². The Kier molecular flexibility index (Phi) is 4.55. The third-order valence-corrected chi connectivity index (χ3v) is 3.20. The number of hydrogen-bond acceptors (Lipinski definition) is 3. The van der Waals surface area contributed by atoms with Crippen molar-refractivity contribution in [1.29, 1.82) is 0 Å². The number of hydrogen-bond donors (Lipinski definition) is 3. The van der Waals surface area contributed by atoms with E-state index in [1.165, 1.54) is 18.2 Å². The summed E-state index contributed by atoms with van der Waals surface area (Å²) in [7, 11) is 0. The summed E-state index contributed by atoms with van der Waals surface area (Å²) in [5.41, 5.74) is 7.45. The van der Waals surface area contributed by atoms with Crippen LogP contribution in [0.25, 0.3) is 0 Å². The first-order valence-corrected chi connectivity index (χ1v) is 6.57. The largest absolute Gasteiger partial charge is 0.508 e. The van der Waals surface area contributed by atoms with Crippen LogP contribution in [0.3, 0.4) is 0 Å². The fourth-order valence-electron chi connectivity index (χ4n) is 1.98. The van der Waals surface area contributed by atoms with Crippen LogP contribution in [0.15, 0.2) is 42.5 Å². The molecule has 2 rings (SSSR count). The lowest BCUT2D eigenvalue weighted by Gasteiger charge is -2.14. The van der Waals surface area contributed by atoms with Gasteiger partial charge < -0.3 is 16.2 Å². The molecule has 2 aromatic rings. The maximum atomic E-state index is 13.7. The van der Waals surface area contributed by atoms with Crippen molar-refractivity contribution in [3.05, 3.63) is 59.4 Å². The number of benzene rings is 2. The van der Waals surface area contributed by atoms with Gasteiger partial charge in [-0.2, -0.15) is 0 Å². The molecule has 4 nitrogen and oxygen atoms in total. The van der Waals surface area contributed by atoms with Crippen LogP contribution >= 0.6 is 0 Å². The van der Waals surface area contributed by atoms with Crippen molar-refractivity contribution in [3.8, 4) is 5.75 Å². The molecule has 4 N–H and O–H groups in total. The van der Waals surface area contributed by atoms with Crippen LogP contribution in [0, 0.1) is 12.7 Å². The van der Waals surface area contributed by atoms with E-state index in [0.717, 1.165) is 5.56 Å². The molecule has 0 aliphatic carbocycles. The molecule has 0 heterocycles. The summed E-state index contributed by atoms with van der Waals surface area (Å²) in [6.07, 6.45) is 0.305. The van der Waals surface area contributed by atoms with Crippen molar-refractivity contribution < 1.29 is 14.3 Å². The third-order valence-electron chi connectivity index (χ3n) is 3.20. The van der Waals surface area contributed by atoms with Gasteiger partial charge >= 0.3 is 0 Å². The normalized spacial score (nSPS) is 12.0. The Labute approximate surface area is 122 Å². The number of carbonyl (C=O) groups is 1. The first kappa shape index (κ1) is 15.0. The summed E-state index contributed by atoms with van der Waals surface area (Å²) >= 11 is 0. The first-order valence-electron chi connectivity index (χ1n) is 6.57. The summed E-state index contributed by atoms with van der Waals surface area (Å²) < 4.78 is 13.7. The molecule has 1 atom stereocenters. The molecule has 0 saturated heterocycles. The Morgan fingerprint density at radius 2 is 1.95 bits per heavy atom. The van der Waals surface area contributed by atoms with Crippen LogP contribution in [0.2, 0.25) is 0 Å². The zero-order valence-electron chi connectivity index (χ0n) is 11.6. The number of nitrogens with two attached hydrogens (primary N) is 1. The van der Waals surface area contributed by atoms with Crippen LogP contribution in [0.1, 0.15) is 11.1 Å². The molecule has 0 fully saturated rings. The number of anilines is 1. The molecule has 0 aromatic heterocycles. The molecule has 0 spiro atoms. The van der Waals surface area contributed by atoms with Crippen LogP contribution < -0.4 is 11.1 Å². The smallest absolute Gasteiger partial charge is 0.241 e. The van der Waals surface area contributed by atoms with Crippen LogP contribution in [-0.2, 0) is 11.2 Å². The number of aromatic hydroxyl groups is 1. The number of amides is 1. The van der Waals surface area contributed by atoms with E-state index >= 15 is 0 Å². The van der Waals surface area contributed by atoms with E-state index in [0.29, 0.717) is 12.0 Å². The van der Waals surface area contributed by atoms with Crippen molar-refractivity contribution in [2.75, 3.05) is 5.32 Å². The Hall–Kier alpha value is -2.40. The van der Waals surface area contributed by atoms with Gasteiger partial charge in [0.1, 0.15) is 11.6 Å². The highest BCUT2D eigenvalue weighted by molar-refractivity contribution is 5.95. The van der Waals surface area contributed by atoms with Crippen molar-refractivity contribution in [3.63, 3.8) is 0 Å². The van der Waals surface area contributed by atoms with Crippen LogP contribution in [0.5, 0.6) is 5.75 Å². The maximum Gasteiger partial charge on any atom is 0.241 e. The van der Waals surface area contributed by atoms with Gasteiger partial charge in [0, 0.05) is 0 Å². The predicted molar refractivity (Wildman–Crippen MR) is 79.6 cm³/mol. The zero-order valence-corrected chi connectivity index (χ0v) is 11.6. The molecule has 5 heteroatoms. The second-order valence-corrected chi connectivity index (χ2v) is 4.90. The molecule has 0 radical (unpaired) electrons. The molecule has 1 amide bonds. The topological polar surface area (TPSA) is 75.4 Å². The Morgan fingerprint density at radius 1 is 1.29 bits per heavy atom. The highest BCUT2D eigenvalue weighted by Crippen LogP contribution is 2.19. The summed E-state index contributed by atoms with van der Waals surface area (Å²) in [4.78, 5) is 12.0. The van der Waals surface area contributed by atoms with Gasteiger partial charge in [-0.25, -0.2) is 4.39 Å². The summed E-state index contributed by atoms with van der Waals surface area (Å²) in [6, 6.07) is 10.2. The fraction of sp³-hybridized carbons (Fsp3) is 0.188. The second-order valence-electron chi connectivity index (χ2n) is 4.90. The quantitative estimate of drug-likeness (QED) is 0.808. The molecular formula is C16H17FN2O2. The summed E-state index contributed by atoms with van der Waals surface area (Å²) in [5, 5.41) is 11.7. The van der Waals surface area contributed by atoms with E-state index in [1.54, 1.807) is 31.2 Å². The van der Waals surface area contributed by atoms with E-state index in [2.05, 4.69) is 5.32 Å². The molecule has 110 valence electrons. The second kappa shape index (κ2) is 6.37. The minimum atomic E-state index is -0.798. The van der Waals surface area contributed by atoms with E-state index in [4.69, 9.17) is 5.73 Å². The third kappa shape index (κ3) is 3.79. The minimum absolute atomic E-state index is 0.152. The molecule has 0 bridgehead atoms. The fourth-order valence-corrected chi connectivity index (χ4v) is 1.98. The van der Waals surface area contributed by atoms with Crippen LogP contribution in [0.4, 0.5) is 10.1 Å². The predicted octanol–water partition coefficient (Wildman–Crippen LogP) is 2.35. The van der Waals surface area contributed by atoms with E-state index < -0.39 is 17.8 Å². The van der Waals surface area contributed by atoms with E-state index in [1.807, 2.05) is 0 Å². The number of carbonyl (C=O) groups excluding carboxylic acids is 1. The number of phenols is 1. The lowest BCUT2D eigenvalue weighted by atomic mass is 10.1. The monoisotopic (exact) mass is 288 g/mol. The molecule has 0 saturated carbocycles. The van der Waals surface area contributed by atoms with Gasteiger partial charge in [0.15, 0.2) is 0 Å². The highest BCUT2D eigenvalue weighted by Gasteiger charge is 2.17. The average Bonchev–Trinajstić information content (AvgIpc) is 2.45. The molecule has 0 aliphatic rings. The van der Waals surface area contributed by atoms with E-state index in [9.17, 15) is 14.3 Å². The number of phenolic OH excluding ortho intramolecular Hbond substituents is 1. The lowest BCUT2D eigenvalue weighted by Crippen LogP contribution is -2.37. The average molecular weight is 288 g/mol. The molecule has 0 unspecified atom stereocenters. The van der Waals surface area contributed by atoms with Gasteiger partial charge in [0.25, 0.3) is 0 Å². The number of halogens is 1. The summed E-state index contributed by atoms with van der Waals surface area (Å²) in [5.74, 6) is -0.782. The highest BCUT2D eigenvalue weighted by atomic mass is 19.1. The van der Waals surface area contributed by atoms with Gasteiger partial charge in [-0.1, -0.05) is 24.3 Å². The van der Waals surface area contributed by atoms with Crippen molar-refractivity contribution in [1.82, 2.24) is 0 Å². The Bertz CT molecular complexity index is 621. The molecule has 0 aliphatic heterocycles. The van der Waals surface area contributed by atoms with Gasteiger partial charge in [-0.15, -0.1) is 0 Å². The van der Waals surface area contributed by atoms with E-state index in [-0.39, 0.29) is 11.4 Å². The molecular weight excluding hydrogens is 271 g/mol. The zero-order chi connectivity index (χ0) is 15.4. The Morgan fingerprint density at radius 3 is 2.57 bits per heavy atom. The first-order chi connectivity index (χ1) is 9.97. The van der Waals surface area contributed by atoms with Crippen molar-refractivity contribution in [2.45, 2.75) is 19.4 Å². The van der Waals surface area contributed by atoms with Gasteiger partial charge in [-0.05, 0) is 42.7 Å². The van der Waals surface area contributed by atoms with Gasteiger partial charge in [0.2, 0.25) is 5.91 Å². The minimum Gasteiger partial charge on any atom is -0.508 e. The van der Waals surface area contributed by atoms with Crippen LogP contribution in [-0.4, -0.2) is 17.1 Å². The molecule has 21 heavy (non-hydrogen) atoms. The van der Waals surface area contributed by atoms with Crippen molar-refractivity contribution >= 4 is 11.6 Å². The SMILES string of the molecule is Cc1cccc(F)c1NC(=O)[C@@H](N)Cc1ccc(O)cc1. The molecule has 2 aromatic carbocycles. The number of rotatable bonds is 4. The summed E-state index contributed by atoms with van der Waals surface area (Å²) in [6.45, 7) is 1.71. The Balaban J connectivity index is 2.04.